The van der Waals surface area contributed by atoms with Crippen LogP contribution in [0.1, 0.15) is 39.9 Å². The Bertz CT molecular complexity index is 1780. The highest BCUT2D eigenvalue weighted by Gasteiger charge is 2.23. The van der Waals surface area contributed by atoms with Crippen LogP contribution in [0.15, 0.2) is 64.4 Å². The molecule has 6 N–H and O–H groups in total. The summed E-state index contributed by atoms with van der Waals surface area (Å²) in [5.74, 6) is -1.55. The molecule has 44 heavy (non-hydrogen) atoms. The quantitative estimate of drug-likeness (QED) is 0.126. The summed E-state index contributed by atoms with van der Waals surface area (Å²) in [6.45, 7) is 1.84. The first-order chi connectivity index (χ1) is 20.8. The lowest BCUT2D eigenvalue weighted by atomic mass is 10.0. The van der Waals surface area contributed by atoms with Crippen LogP contribution in [0.4, 0.5) is 5.95 Å². The molecule has 4 aromatic rings. The molecule has 2 heterocycles. The molecule has 4 rings (SSSR count). The molecule has 0 saturated heterocycles. The topological polar surface area (TPSA) is 224 Å². The third-order valence-electron chi connectivity index (χ3n) is 6.52. The number of ether oxygens (including phenoxy) is 2. The molecule has 234 valence electrons. The maximum Gasteiger partial charge on any atom is 0.328 e. The smallest absolute Gasteiger partial charge is 0.328 e. The minimum atomic E-state index is -4.02. The fraction of sp³-hybridized carbons (Fsp3) is 0.276. The van der Waals surface area contributed by atoms with Gasteiger partial charge in [0.2, 0.25) is 5.95 Å². The summed E-state index contributed by atoms with van der Waals surface area (Å²) in [7, 11) is -1.56. The van der Waals surface area contributed by atoms with Gasteiger partial charge in [-0.25, -0.2) is 4.79 Å². The van der Waals surface area contributed by atoms with Gasteiger partial charge in [-0.05, 0) is 61.6 Å². The second-order valence-corrected chi connectivity index (χ2v) is 11.1. The van der Waals surface area contributed by atoms with Gasteiger partial charge >= 0.3 is 11.9 Å². The van der Waals surface area contributed by atoms with Gasteiger partial charge in [-0.2, -0.15) is 13.4 Å². The number of hydrogen-bond donors (Lipinski definition) is 5. The van der Waals surface area contributed by atoms with E-state index in [4.69, 9.17) is 15.0 Å². The van der Waals surface area contributed by atoms with Gasteiger partial charge in [-0.1, -0.05) is 29.8 Å². The fourth-order valence-corrected chi connectivity index (χ4v) is 4.61. The average Bonchev–Trinajstić information content (AvgIpc) is 3.40. The van der Waals surface area contributed by atoms with Crippen molar-refractivity contribution in [3.8, 4) is 0 Å². The largest absolute Gasteiger partial charge is 0.469 e. The SMILES string of the molecule is COC(=O)CC[C@@H](NC(=O)c1ccc(CCc2c[nH]c3nc(N)[nH]c(=O)c23)cc1)C(=O)OC.Cc1ccc(S(=O)(=O)O)cc1. The molecule has 0 aliphatic heterocycles. The summed E-state index contributed by atoms with van der Waals surface area (Å²) in [4.78, 5) is 57.5. The van der Waals surface area contributed by atoms with Crippen molar-refractivity contribution in [3.05, 3.63) is 87.3 Å². The van der Waals surface area contributed by atoms with Gasteiger partial charge in [0.15, 0.2) is 0 Å². The zero-order valence-corrected chi connectivity index (χ0v) is 25.1. The molecule has 2 aromatic carbocycles. The van der Waals surface area contributed by atoms with Gasteiger partial charge in [0.25, 0.3) is 21.6 Å². The number of hydrogen-bond acceptors (Lipinski definition) is 10. The van der Waals surface area contributed by atoms with E-state index in [1.54, 1.807) is 42.6 Å². The summed E-state index contributed by atoms with van der Waals surface area (Å²) in [6.07, 6.45) is 2.97. The summed E-state index contributed by atoms with van der Waals surface area (Å²) in [5, 5.41) is 3.06. The van der Waals surface area contributed by atoms with Gasteiger partial charge in [0.1, 0.15) is 11.7 Å². The number of nitrogens with two attached hydrogens (primary N) is 1. The number of carbonyl (C=O) groups is 3. The first-order valence-corrected chi connectivity index (χ1v) is 14.7. The molecule has 0 aliphatic rings. The number of benzene rings is 2. The first-order valence-electron chi connectivity index (χ1n) is 13.3. The summed E-state index contributed by atoms with van der Waals surface area (Å²) in [5.41, 5.74) is 8.78. The normalized spacial score (nSPS) is 11.6. The van der Waals surface area contributed by atoms with Crippen LogP contribution in [-0.4, -0.2) is 66.0 Å². The van der Waals surface area contributed by atoms with Crippen molar-refractivity contribution < 1.29 is 36.8 Å². The van der Waals surface area contributed by atoms with E-state index in [9.17, 15) is 27.6 Å². The average molecular weight is 628 g/mol. The number of rotatable bonds is 10. The lowest BCUT2D eigenvalue weighted by Gasteiger charge is -2.16. The molecule has 0 fully saturated rings. The number of aromatic nitrogens is 3. The Morgan fingerprint density at radius 1 is 1.02 bits per heavy atom. The molecule has 0 aliphatic carbocycles. The molecule has 0 bridgehead atoms. The number of aromatic amines is 2. The lowest BCUT2D eigenvalue weighted by Crippen LogP contribution is -2.41. The molecule has 0 spiro atoms. The van der Waals surface area contributed by atoms with Gasteiger partial charge in [0.05, 0.1) is 24.5 Å². The zero-order valence-electron chi connectivity index (χ0n) is 24.2. The molecule has 1 amide bonds. The van der Waals surface area contributed by atoms with E-state index >= 15 is 0 Å². The third-order valence-corrected chi connectivity index (χ3v) is 7.38. The number of methoxy groups -OCH3 is 2. The third kappa shape index (κ3) is 9.24. The van der Waals surface area contributed by atoms with Crippen molar-refractivity contribution in [2.24, 2.45) is 0 Å². The van der Waals surface area contributed by atoms with E-state index in [1.165, 1.54) is 26.4 Å². The molecule has 15 heteroatoms. The standard InChI is InChI=1S/C22H25N5O6.C7H8O3S/c1-32-16(28)10-9-15(21(31)33-2)25-19(29)13-6-3-12(4-7-13)5-8-14-11-24-18-17(14)20(30)27-22(23)26-18;1-6-2-4-7(5-3-6)11(8,9)10/h3-4,6-7,11,15H,5,8-10H2,1-2H3,(H,25,29)(H4,23,24,26,27,30);2-5H,1H3,(H,8,9,10)/t15-;/m1./s1. The second-order valence-electron chi connectivity index (χ2n) is 9.64. The van der Waals surface area contributed by atoms with Crippen LogP contribution in [0, 0.1) is 6.92 Å². The molecule has 1 atom stereocenters. The highest BCUT2D eigenvalue weighted by molar-refractivity contribution is 7.85. The highest BCUT2D eigenvalue weighted by Crippen LogP contribution is 2.16. The van der Waals surface area contributed by atoms with Crippen molar-refractivity contribution in [3.63, 3.8) is 0 Å². The monoisotopic (exact) mass is 627 g/mol. The predicted molar refractivity (Wildman–Crippen MR) is 160 cm³/mol. The number of anilines is 1. The molecular formula is C29H33N5O9S. The minimum absolute atomic E-state index is 0.0335. The summed E-state index contributed by atoms with van der Waals surface area (Å²) >= 11 is 0. The Morgan fingerprint density at radius 3 is 2.27 bits per heavy atom. The van der Waals surface area contributed by atoms with Crippen LogP contribution in [0.3, 0.4) is 0 Å². The predicted octanol–water partition coefficient (Wildman–Crippen LogP) is 2.08. The molecule has 0 saturated carbocycles. The number of nitrogens with one attached hydrogen (secondary N) is 3. The van der Waals surface area contributed by atoms with Crippen molar-refractivity contribution in [2.45, 2.75) is 43.5 Å². The lowest BCUT2D eigenvalue weighted by molar-refractivity contribution is -0.144. The fourth-order valence-electron chi connectivity index (χ4n) is 4.13. The van der Waals surface area contributed by atoms with Crippen LogP contribution in [0.5, 0.6) is 0 Å². The Balaban J connectivity index is 0.000000404. The van der Waals surface area contributed by atoms with Crippen LogP contribution in [0.2, 0.25) is 0 Å². The summed E-state index contributed by atoms with van der Waals surface area (Å²) < 4.78 is 38.8. The van der Waals surface area contributed by atoms with Crippen LogP contribution in [0.25, 0.3) is 11.0 Å². The first kappa shape index (κ1) is 33.5. The number of aryl methyl sites for hydroxylation is 3. The highest BCUT2D eigenvalue weighted by atomic mass is 32.2. The van der Waals surface area contributed by atoms with E-state index in [0.29, 0.717) is 29.4 Å². The Hall–Kier alpha value is -5.02. The Labute approximate surface area is 252 Å². The van der Waals surface area contributed by atoms with E-state index < -0.39 is 34.0 Å². The number of H-pyrrole nitrogens is 2. The van der Waals surface area contributed by atoms with Gasteiger partial charge in [-0.3, -0.25) is 23.9 Å². The van der Waals surface area contributed by atoms with Crippen molar-refractivity contribution in [1.29, 1.82) is 0 Å². The number of esters is 2. The van der Waals surface area contributed by atoms with Crippen LogP contribution in [-0.2, 0) is 42.0 Å². The zero-order chi connectivity index (χ0) is 32.4. The number of nitrogen functional groups attached to an aromatic ring is 1. The van der Waals surface area contributed by atoms with Crippen molar-refractivity contribution in [2.75, 3.05) is 20.0 Å². The van der Waals surface area contributed by atoms with Gasteiger partial charge in [-0.15, -0.1) is 0 Å². The van der Waals surface area contributed by atoms with Crippen LogP contribution >= 0.6 is 0 Å². The Morgan fingerprint density at radius 2 is 1.68 bits per heavy atom. The second kappa shape index (κ2) is 14.9. The maximum atomic E-state index is 12.6. The molecule has 0 radical (unpaired) electrons. The van der Waals surface area contributed by atoms with E-state index in [2.05, 4.69) is 25.0 Å². The maximum absolute atomic E-state index is 12.6. The number of amides is 1. The van der Waals surface area contributed by atoms with Gasteiger partial charge in [0, 0.05) is 18.2 Å². The molecular weight excluding hydrogens is 594 g/mol. The molecule has 14 nitrogen and oxygen atoms in total. The van der Waals surface area contributed by atoms with E-state index in [0.717, 1.165) is 16.7 Å². The Kier molecular flexibility index (Phi) is 11.4. The molecule has 2 aromatic heterocycles. The minimum Gasteiger partial charge on any atom is -0.469 e. The van der Waals surface area contributed by atoms with E-state index in [-0.39, 0.29) is 29.2 Å². The van der Waals surface area contributed by atoms with Gasteiger partial charge < -0.3 is 25.5 Å². The van der Waals surface area contributed by atoms with Crippen LogP contribution < -0.4 is 16.6 Å². The summed E-state index contributed by atoms with van der Waals surface area (Å²) in [6, 6.07) is 11.9. The number of carbonyl (C=O) groups excluding carboxylic acids is 3. The number of nitrogens with zero attached hydrogens (tertiary/aromatic N) is 1. The molecule has 0 unspecified atom stereocenters. The van der Waals surface area contributed by atoms with E-state index in [1.807, 2.05) is 6.92 Å². The number of fused-ring (bicyclic) bond motifs is 1. The van der Waals surface area contributed by atoms with Crippen molar-refractivity contribution >= 4 is 44.9 Å². The van der Waals surface area contributed by atoms with Crippen molar-refractivity contribution in [1.82, 2.24) is 20.3 Å².